The fourth-order valence-electron chi connectivity index (χ4n) is 8.36. The first-order valence-electron chi connectivity index (χ1n) is 17.7. The molecular formula is C48H35NOSi. The van der Waals surface area contributed by atoms with Crippen LogP contribution in [0.3, 0.4) is 0 Å². The third-order valence-corrected chi connectivity index (χ3v) is 14.4. The van der Waals surface area contributed by atoms with Crippen molar-refractivity contribution in [2.75, 3.05) is 4.90 Å². The normalized spacial score (nSPS) is 13.1. The minimum absolute atomic E-state index is 0.941. The number of anilines is 3. The number of para-hydroxylation sites is 1. The maximum absolute atomic E-state index is 6.67. The van der Waals surface area contributed by atoms with Gasteiger partial charge in [0.25, 0.3) is 0 Å². The SMILES string of the molecule is C[Si]1(C)c2ccc3c(oc4ccccc43)c2-c2cccc(N(c3ccc(-c4ccc5ccccc5c4)cc3)c3cccc(-c4ccccc4)c3)c21. The zero-order valence-corrected chi connectivity index (χ0v) is 29.6. The van der Waals surface area contributed by atoms with Gasteiger partial charge in [0.15, 0.2) is 0 Å². The topological polar surface area (TPSA) is 16.4 Å². The Kier molecular flexibility index (Phi) is 6.67. The number of hydrogen-bond donors (Lipinski definition) is 0. The Bertz CT molecular complexity index is 2780. The van der Waals surface area contributed by atoms with Crippen molar-refractivity contribution in [3.63, 3.8) is 0 Å². The lowest BCUT2D eigenvalue weighted by atomic mass is 9.99. The van der Waals surface area contributed by atoms with Crippen LogP contribution in [0, 0.1) is 0 Å². The van der Waals surface area contributed by atoms with Crippen molar-refractivity contribution >= 4 is 68.2 Å². The van der Waals surface area contributed by atoms with Gasteiger partial charge in [-0.15, -0.1) is 0 Å². The molecule has 0 atom stereocenters. The van der Waals surface area contributed by atoms with Crippen LogP contribution in [-0.4, -0.2) is 8.07 Å². The van der Waals surface area contributed by atoms with Crippen LogP contribution in [0.5, 0.6) is 0 Å². The molecule has 0 amide bonds. The zero-order valence-electron chi connectivity index (χ0n) is 28.6. The highest BCUT2D eigenvalue weighted by Gasteiger charge is 2.42. The summed E-state index contributed by atoms with van der Waals surface area (Å²) in [5, 5.41) is 7.74. The smallest absolute Gasteiger partial charge is 0.143 e. The summed E-state index contributed by atoms with van der Waals surface area (Å²) in [5.41, 5.74) is 12.8. The van der Waals surface area contributed by atoms with E-state index in [4.69, 9.17) is 4.42 Å². The molecule has 0 saturated carbocycles. The molecule has 2 heterocycles. The molecule has 3 heteroatoms. The molecule has 0 fully saturated rings. The van der Waals surface area contributed by atoms with Crippen LogP contribution in [0.1, 0.15) is 0 Å². The molecule has 8 aromatic carbocycles. The summed E-state index contributed by atoms with van der Waals surface area (Å²) in [6.07, 6.45) is 0. The summed E-state index contributed by atoms with van der Waals surface area (Å²) in [4.78, 5) is 2.48. The molecule has 1 aromatic heterocycles. The second-order valence-corrected chi connectivity index (χ2v) is 18.4. The highest BCUT2D eigenvalue weighted by Crippen LogP contribution is 2.44. The lowest BCUT2D eigenvalue weighted by Gasteiger charge is -2.31. The first-order valence-corrected chi connectivity index (χ1v) is 20.7. The van der Waals surface area contributed by atoms with Crippen LogP contribution < -0.4 is 15.3 Å². The summed E-state index contributed by atoms with van der Waals surface area (Å²) in [5.74, 6) is 0. The predicted octanol–water partition coefficient (Wildman–Crippen LogP) is 12.3. The first-order chi connectivity index (χ1) is 25.0. The molecule has 1 aliphatic heterocycles. The Morgan fingerprint density at radius 1 is 0.471 bits per heavy atom. The van der Waals surface area contributed by atoms with Gasteiger partial charge in [0.2, 0.25) is 0 Å². The summed E-state index contributed by atoms with van der Waals surface area (Å²) >= 11 is 0. The minimum Gasteiger partial charge on any atom is -0.455 e. The summed E-state index contributed by atoms with van der Waals surface area (Å²) < 4.78 is 6.67. The zero-order chi connectivity index (χ0) is 34.1. The van der Waals surface area contributed by atoms with Gasteiger partial charge in [-0.3, -0.25) is 0 Å². The van der Waals surface area contributed by atoms with Gasteiger partial charge in [-0.1, -0.05) is 147 Å². The van der Waals surface area contributed by atoms with Crippen LogP contribution in [0.15, 0.2) is 180 Å². The maximum Gasteiger partial charge on any atom is 0.143 e. The van der Waals surface area contributed by atoms with Crippen LogP contribution in [0.4, 0.5) is 17.1 Å². The summed E-state index contributed by atoms with van der Waals surface area (Å²) in [7, 11) is -2.19. The highest BCUT2D eigenvalue weighted by molar-refractivity contribution is 7.05. The standard InChI is InChI=1S/C48H35NOSi/c1-51(2)45-29-28-41-40-18-8-9-21-44(40)50-47(41)46(45)42-19-11-20-43(48(42)51)49(39-17-10-16-36(31-39)32-12-4-3-5-13-32)38-26-24-34(25-27-38)37-23-22-33-14-6-7-15-35(33)30-37/h3-31H,1-2H3. The molecule has 0 spiro atoms. The molecule has 242 valence electrons. The van der Waals surface area contributed by atoms with E-state index in [-0.39, 0.29) is 0 Å². The van der Waals surface area contributed by atoms with Gasteiger partial charge in [0.05, 0.1) is 0 Å². The second-order valence-electron chi connectivity index (χ2n) is 14.1. The minimum atomic E-state index is -2.19. The van der Waals surface area contributed by atoms with Gasteiger partial charge >= 0.3 is 0 Å². The molecule has 0 saturated heterocycles. The van der Waals surface area contributed by atoms with Gasteiger partial charge in [-0.2, -0.15) is 0 Å². The van der Waals surface area contributed by atoms with Gasteiger partial charge in [0, 0.05) is 33.4 Å². The number of hydrogen-bond acceptors (Lipinski definition) is 2. The second kappa shape index (κ2) is 11.4. The van der Waals surface area contributed by atoms with Crippen molar-refractivity contribution in [3.05, 3.63) is 176 Å². The molecule has 9 aromatic rings. The highest BCUT2D eigenvalue weighted by atomic mass is 28.3. The molecule has 51 heavy (non-hydrogen) atoms. The van der Waals surface area contributed by atoms with Crippen LogP contribution >= 0.6 is 0 Å². The maximum atomic E-state index is 6.67. The van der Waals surface area contributed by atoms with Gasteiger partial charge in [0.1, 0.15) is 19.2 Å². The van der Waals surface area contributed by atoms with E-state index in [0.29, 0.717) is 0 Å². The number of fused-ring (bicyclic) bond motifs is 8. The Hall–Kier alpha value is -6.16. The average molecular weight is 670 g/mol. The lowest BCUT2D eigenvalue weighted by Crippen LogP contribution is -2.50. The molecule has 10 rings (SSSR count). The van der Waals surface area contributed by atoms with E-state index in [2.05, 4.69) is 194 Å². The Morgan fingerprint density at radius 2 is 1.16 bits per heavy atom. The number of rotatable bonds is 5. The molecule has 1 aliphatic rings. The number of nitrogens with zero attached hydrogens (tertiary/aromatic N) is 1. The van der Waals surface area contributed by atoms with E-state index in [1.807, 2.05) is 0 Å². The van der Waals surface area contributed by atoms with Crippen LogP contribution in [0.25, 0.3) is 66.1 Å². The van der Waals surface area contributed by atoms with E-state index in [9.17, 15) is 0 Å². The van der Waals surface area contributed by atoms with Crippen molar-refractivity contribution in [3.8, 4) is 33.4 Å². The largest absolute Gasteiger partial charge is 0.455 e. The Labute approximate surface area is 298 Å². The molecule has 2 nitrogen and oxygen atoms in total. The molecule has 0 bridgehead atoms. The van der Waals surface area contributed by atoms with Crippen molar-refractivity contribution in [2.45, 2.75) is 13.1 Å². The van der Waals surface area contributed by atoms with Gasteiger partial charge < -0.3 is 9.32 Å². The van der Waals surface area contributed by atoms with Gasteiger partial charge in [-0.25, -0.2) is 0 Å². The molecular weight excluding hydrogens is 635 g/mol. The monoisotopic (exact) mass is 669 g/mol. The Morgan fingerprint density at radius 3 is 2.02 bits per heavy atom. The van der Waals surface area contributed by atoms with E-state index in [1.165, 1.54) is 71.0 Å². The van der Waals surface area contributed by atoms with Crippen LogP contribution in [-0.2, 0) is 0 Å². The third-order valence-electron chi connectivity index (χ3n) is 10.8. The van der Waals surface area contributed by atoms with E-state index >= 15 is 0 Å². The van der Waals surface area contributed by atoms with Crippen molar-refractivity contribution in [2.24, 2.45) is 0 Å². The summed E-state index contributed by atoms with van der Waals surface area (Å²) in [6, 6.07) is 64.0. The van der Waals surface area contributed by atoms with Crippen molar-refractivity contribution in [1.29, 1.82) is 0 Å². The van der Waals surface area contributed by atoms with E-state index in [1.54, 1.807) is 0 Å². The molecule has 0 aliphatic carbocycles. The fraction of sp³-hybridized carbons (Fsp3) is 0.0417. The molecule has 0 radical (unpaired) electrons. The lowest BCUT2D eigenvalue weighted by molar-refractivity contribution is 0.670. The molecule has 0 unspecified atom stereocenters. The Balaban J connectivity index is 1.17. The summed E-state index contributed by atoms with van der Waals surface area (Å²) in [6.45, 7) is 4.99. The van der Waals surface area contributed by atoms with E-state index < -0.39 is 8.07 Å². The fourth-order valence-corrected chi connectivity index (χ4v) is 11.7. The predicted molar refractivity (Wildman–Crippen MR) is 219 cm³/mol. The average Bonchev–Trinajstić information content (AvgIpc) is 3.68. The first kappa shape index (κ1) is 29.7. The van der Waals surface area contributed by atoms with Crippen molar-refractivity contribution < 1.29 is 4.42 Å². The van der Waals surface area contributed by atoms with Gasteiger partial charge in [-0.05, 0) is 91.4 Å². The van der Waals surface area contributed by atoms with Crippen LogP contribution in [0.2, 0.25) is 13.1 Å². The third kappa shape index (κ3) is 4.70. The number of benzene rings is 8. The number of furan rings is 1. The van der Waals surface area contributed by atoms with Crippen molar-refractivity contribution in [1.82, 2.24) is 0 Å². The molecule has 0 N–H and O–H groups in total. The quantitative estimate of drug-likeness (QED) is 0.170. The van der Waals surface area contributed by atoms with E-state index in [0.717, 1.165) is 22.5 Å².